The Kier molecular flexibility index (Phi) is 4.91. The number of hydrogen-bond donors (Lipinski definition) is 2. The van der Waals surface area contributed by atoms with E-state index >= 15 is 0 Å². The second-order valence-electron chi connectivity index (χ2n) is 7.71. The molecule has 8 heteroatoms. The van der Waals surface area contributed by atoms with Crippen molar-refractivity contribution < 1.29 is 20.4 Å². The van der Waals surface area contributed by atoms with Gasteiger partial charge in [0.15, 0.2) is 11.5 Å². The summed E-state index contributed by atoms with van der Waals surface area (Å²) in [6.07, 6.45) is 5.11. The molecule has 0 bridgehead atoms. The predicted molar refractivity (Wildman–Crippen MR) is 123 cm³/mol. The summed E-state index contributed by atoms with van der Waals surface area (Å²) >= 11 is 1.80. The number of carbonyl (C=O) groups excluding carboxylic acids is 1. The number of anilines is 1. The molecular weight excluding hydrogens is 414 g/mol. The lowest BCUT2D eigenvalue weighted by atomic mass is 10.1. The fourth-order valence-electron chi connectivity index (χ4n) is 4.19. The predicted octanol–water partition coefficient (Wildman–Crippen LogP) is 4.23. The Balaban J connectivity index is 0.00000245. The number of carbonyl (C=O) groups is 1. The van der Waals surface area contributed by atoms with Gasteiger partial charge in [0, 0.05) is 35.9 Å². The summed E-state index contributed by atoms with van der Waals surface area (Å²) in [7, 11) is 4.58. The van der Waals surface area contributed by atoms with Crippen LogP contribution in [0.2, 0.25) is 0 Å². The van der Waals surface area contributed by atoms with Gasteiger partial charge in [-0.1, -0.05) is 12.1 Å². The van der Waals surface area contributed by atoms with Crippen LogP contribution in [0.1, 0.15) is 29.1 Å². The van der Waals surface area contributed by atoms with Crippen LogP contribution in [-0.4, -0.2) is 39.0 Å². The SMILES string of the molecule is COc1cc(C(=O)Nc2cccc(C3NC45CC4C=NC=C5S3)c2)cc(OC)c1OC.[HH]. The van der Waals surface area contributed by atoms with Crippen molar-refractivity contribution in [1.82, 2.24) is 5.32 Å². The third kappa shape index (κ3) is 3.36. The van der Waals surface area contributed by atoms with Crippen molar-refractivity contribution in [3.8, 4) is 17.2 Å². The Bertz CT molecular complexity index is 1100. The lowest BCUT2D eigenvalue weighted by Crippen LogP contribution is -2.30. The Morgan fingerprint density at radius 3 is 2.65 bits per heavy atom. The van der Waals surface area contributed by atoms with Gasteiger partial charge in [-0.3, -0.25) is 15.1 Å². The van der Waals surface area contributed by atoms with Crippen molar-refractivity contribution in [2.75, 3.05) is 26.6 Å². The topological polar surface area (TPSA) is 81.2 Å². The molecule has 2 N–H and O–H groups in total. The van der Waals surface area contributed by atoms with E-state index in [-0.39, 0.29) is 18.2 Å². The second-order valence-corrected chi connectivity index (χ2v) is 8.86. The number of amides is 1. The molecule has 3 aliphatic rings. The van der Waals surface area contributed by atoms with E-state index in [1.807, 2.05) is 30.6 Å². The van der Waals surface area contributed by atoms with E-state index in [4.69, 9.17) is 14.2 Å². The first-order valence-electron chi connectivity index (χ1n) is 9.97. The molecule has 1 amide bonds. The molecule has 2 fully saturated rings. The molecule has 31 heavy (non-hydrogen) atoms. The van der Waals surface area contributed by atoms with Crippen molar-refractivity contribution in [1.29, 1.82) is 0 Å². The number of nitrogens with zero attached hydrogens (tertiary/aromatic N) is 1. The maximum Gasteiger partial charge on any atom is 0.255 e. The fourth-order valence-corrected chi connectivity index (χ4v) is 5.62. The van der Waals surface area contributed by atoms with Crippen LogP contribution in [0.3, 0.4) is 0 Å². The van der Waals surface area contributed by atoms with Crippen LogP contribution >= 0.6 is 11.8 Å². The van der Waals surface area contributed by atoms with Gasteiger partial charge in [-0.05, 0) is 36.2 Å². The van der Waals surface area contributed by atoms with Crippen molar-refractivity contribution >= 4 is 29.6 Å². The number of aliphatic imine (C=N–C) groups is 1. The molecule has 2 aromatic carbocycles. The van der Waals surface area contributed by atoms with Gasteiger partial charge < -0.3 is 19.5 Å². The molecule has 1 saturated carbocycles. The molecule has 0 radical (unpaired) electrons. The van der Waals surface area contributed by atoms with Crippen molar-refractivity contribution in [3.63, 3.8) is 0 Å². The number of rotatable bonds is 6. The molecule has 2 aromatic rings. The Morgan fingerprint density at radius 2 is 1.97 bits per heavy atom. The number of methoxy groups -OCH3 is 3. The van der Waals surface area contributed by atoms with Crippen LogP contribution in [0.25, 0.3) is 0 Å². The summed E-state index contributed by atoms with van der Waals surface area (Å²) < 4.78 is 16.0. The van der Waals surface area contributed by atoms with Crippen LogP contribution in [0.4, 0.5) is 5.69 Å². The summed E-state index contributed by atoms with van der Waals surface area (Å²) in [6, 6.07) is 11.2. The van der Waals surface area contributed by atoms with Gasteiger partial charge in [0.1, 0.15) is 0 Å². The molecule has 3 unspecified atom stereocenters. The van der Waals surface area contributed by atoms with E-state index < -0.39 is 0 Å². The highest BCUT2D eigenvalue weighted by Gasteiger charge is 2.61. The summed E-state index contributed by atoms with van der Waals surface area (Å²) in [5.74, 6) is 1.56. The number of ether oxygens (including phenoxy) is 3. The van der Waals surface area contributed by atoms with Crippen LogP contribution in [0.15, 0.2) is 52.5 Å². The molecule has 2 heterocycles. The third-order valence-corrected chi connectivity index (χ3v) is 7.27. The summed E-state index contributed by atoms with van der Waals surface area (Å²) in [4.78, 5) is 18.6. The summed E-state index contributed by atoms with van der Waals surface area (Å²) in [5.41, 5.74) is 2.33. The maximum absolute atomic E-state index is 12.9. The molecule has 3 atom stereocenters. The monoisotopic (exact) mass is 439 g/mol. The lowest BCUT2D eigenvalue weighted by molar-refractivity contribution is 0.102. The van der Waals surface area contributed by atoms with Gasteiger partial charge in [0.2, 0.25) is 5.75 Å². The lowest BCUT2D eigenvalue weighted by Gasteiger charge is -2.16. The molecule has 5 rings (SSSR count). The number of thioether (sulfide) groups is 1. The average molecular weight is 440 g/mol. The van der Waals surface area contributed by atoms with E-state index in [1.54, 1.807) is 23.9 Å². The minimum Gasteiger partial charge on any atom is -0.493 e. The number of nitrogens with one attached hydrogen (secondary N) is 2. The molecule has 1 spiro atoms. The fraction of sp³-hybridized carbons (Fsp3) is 0.304. The van der Waals surface area contributed by atoms with Crippen LogP contribution in [0.5, 0.6) is 17.2 Å². The van der Waals surface area contributed by atoms with Gasteiger partial charge in [-0.2, -0.15) is 0 Å². The first kappa shape index (κ1) is 20.0. The molecule has 162 valence electrons. The zero-order valence-corrected chi connectivity index (χ0v) is 18.3. The van der Waals surface area contributed by atoms with Crippen LogP contribution in [0, 0.1) is 5.92 Å². The standard InChI is InChI=1S/C23H23N3O4S.H2/c1-28-17-8-14(9-18(29-2)20(17)30-3)21(27)25-16-6-4-5-13(7-16)22-26-23-10-15(23)11-24-12-19(23)31-22;/h4-9,11-12,15,22,26H,10H2,1-3H3,(H,25,27);1H. The zero-order chi connectivity index (χ0) is 21.6. The molecule has 0 aromatic heterocycles. The highest BCUT2D eigenvalue weighted by molar-refractivity contribution is 8.03. The van der Waals surface area contributed by atoms with Gasteiger partial charge in [-0.15, -0.1) is 11.8 Å². The highest BCUT2D eigenvalue weighted by atomic mass is 32.2. The van der Waals surface area contributed by atoms with E-state index in [0.29, 0.717) is 28.7 Å². The zero-order valence-electron chi connectivity index (χ0n) is 17.5. The number of benzene rings is 2. The van der Waals surface area contributed by atoms with Gasteiger partial charge in [0.05, 0.1) is 32.2 Å². The average Bonchev–Trinajstić information content (AvgIpc) is 3.40. The smallest absolute Gasteiger partial charge is 0.255 e. The molecule has 2 aliphatic heterocycles. The van der Waals surface area contributed by atoms with E-state index in [9.17, 15) is 4.79 Å². The maximum atomic E-state index is 12.9. The van der Waals surface area contributed by atoms with E-state index in [0.717, 1.165) is 17.7 Å². The minimum absolute atomic E-state index is 0. The third-order valence-electron chi connectivity index (χ3n) is 5.92. The Hall–Kier alpha value is -2.97. The Morgan fingerprint density at radius 1 is 1.19 bits per heavy atom. The van der Waals surface area contributed by atoms with Crippen molar-refractivity contribution in [2.45, 2.75) is 17.3 Å². The molecule has 1 aliphatic carbocycles. The van der Waals surface area contributed by atoms with Gasteiger partial charge >= 0.3 is 0 Å². The Labute approximate surface area is 186 Å². The first-order valence-corrected chi connectivity index (χ1v) is 10.9. The van der Waals surface area contributed by atoms with E-state index in [2.05, 4.69) is 21.7 Å². The highest BCUT2D eigenvalue weighted by Crippen LogP contribution is 2.61. The summed E-state index contributed by atoms with van der Waals surface area (Å²) in [6.45, 7) is 0. The molecule has 7 nitrogen and oxygen atoms in total. The van der Waals surface area contributed by atoms with Gasteiger partial charge in [-0.25, -0.2) is 0 Å². The first-order chi connectivity index (χ1) is 15.1. The molecule has 1 saturated heterocycles. The van der Waals surface area contributed by atoms with Gasteiger partial charge in [0.25, 0.3) is 5.91 Å². The quantitative estimate of drug-likeness (QED) is 0.701. The van der Waals surface area contributed by atoms with E-state index in [1.165, 1.54) is 26.2 Å². The van der Waals surface area contributed by atoms with Crippen molar-refractivity contribution in [2.24, 2.45) is 10.9 Å². The largest absolute Gasteiger partial charge is 0.493 e. The van der Waals surface area contributed by atoms with Crippen molar-refractivity contribution in [3.05, 3.63) is 58.6 Å². The van der Waals surface area contributed by atoms with Crippen LogP contribution < -0.4 is 24.8 Å². The number of hydrogen-bond acceptors (Lipinski definition) is 7. The second kappa shape index (κ2) is 7.62. The summed E-state index contributed by atoms with van der Waals surface area (Å²) in [5, 5.41) is 6.87. The molecular formula is C23H25N3O4S. The minimum atomic E-state index is -0.255. The van der Waals surface area contributed by atoms with Crippen LogP contribution in [-0.2, 0) is 0 Å². The normalized spacial score (nSPS) is 25.2.